The van der Waals surface area contributed by atoms with Crippen molar-refractivity contribution in [3.8, 4) is 0 Å². The number of piperidine rings is 1. The molecule has 1 heterocycles. The van der Waals surface area contributed by atoms with E-state index < -0.39 is 5.60 Å². The first-order valence-electron chi connectivity index (χ1n) is 8.29. The van der Waals surface area contributed by atoms with Gasteiger partial charge in [-0.25, -0.2) is 4.79 Å². The smallest absolute Gasteiger partial charge is 0.410 e. The summed E-state index contributed by atoms with van der Waals surface area (Å²) in [6.07, 6.45) is 2.92. The van der Waals surface area contributed by atoms with Crippen LogP contribution in [0.4, 0.5) is 4.79 Å². The number of benzene rings is 1. The Labute approximate surface area is 147 Å². The van der Waals surface area contributed by atoms with Gasteiger partial charge in [-0.15, -0.1) is 0 Å². The van der Waals surface area contributed by atoms with Gasteiger partial charge < -0.3 is 15.0 Å². The topological polar surface area (TPSA) is 41.6 Å². The number of halogens is 1. The van der Waals surface area contributed by atoms with Crippen LogP contribution in [0.25, 0.3) is 0 Å². The number of carbonyl (C=O) groups is 1. The van der Waals surface area contributed by atoms with Gasteiger partial charge in [0.05, 0.1) is 0 Å². The predicted octanol–water partition coefficient (Wildman–Crippen LogP) is 3.98. The molecular weight excluding hydrogens is 356 g/mol. The molecule has 0 aliphatic carbocycles. The first-order chi connectivity index (χ1) is 10.8. The molecule has 1 N–H and O–H groups in total. The molecule has 1 fully saturated rings. The predicted molar refractivity (Wildman–Crippen MR) is 96.7 cm³/mol. The number of hydrogen-bond acceptors (Lipinski definition) is 3. The maximum Gasteiger partial charge on any atom is 0.410 e. The van der Waals surface area contributed by atoms with Gasteiger partial charge >= 0.3 is 6.09 Å². The van der Waals surface area contributed by atoms with E-state index in [2.05, 4.69) is 39.4 Å². The molecule has 1 aromatic rings. The molecule has 1 amide bonds. The number of nitrogens with zero attached hydrogens (tertiary/aromatic N) is 1. The fraction of sp³-hybridized carbons (Fsp3) is 0.611. The molecule has 0 saturated carbocycles. The minimum Gasteiger partial charge on any atom is -0.444 e. The fourth-order valence-electron chi connectivity index (χ4n) is 2.75. The van der Waals surface area contributed by atoms with Gasteiger partial charge in [0.15, 0.2) is 0 Å². The summed E-state index contributed by atoms with van der Waals surface area (Å²) in [5.41, 5.74) is 0.879. The maximum atomic E-state index is 12.2. The Morgan fingerprint density at radius 3 is 2.91 bits per heavy atom. The summed E-state index contributed by atoms with van der Waals surface area (Å²) in [7, 11) is 0. The van der Waals surface area contributed by atoms with Crippen LogP contribution in [0.1, 0.15) is 39.2 Å². The Morgan fingerprint density at radius 1 is 1.43 bits per heavy atom. The number of nitrogens with one attached hydrogen (secondary N) is 1. The molecule has 0 radical (unpaired) electrons. The largest absolute Gasteiger partial charge is 0.444 e. The Hall–Kier alpha value is -1.07. The highest BCUT2D eigenvalue weighted by Crippen LogP contribution is 2.16. The van der Waals surface area contributed by atoms with Crippen molar-refractivity contribution in [1.82, 2.24) is 10.2 Å². The number of amides is 1. The second kappa shape index (κ2) is 8.15. The van der Waals surface area contributed by atoms with Crippen LogP contribution in [0.3, 0.4) is 0 Å². The number of hydrogen-bond donors (Lipinski definition) is 1. The molecule has 23 heavy (non-hydrogen) atoms. The van der Waals surface area contributed by atoms with E-state index in [1.54, 1.807) is 0 Å². The number of rotatable bonds is 4. The molecular formula is C18H27BrN2O2. The zero-order valence-corrected chi connectivity index (χ0v) is 15.9. The number of ether oxygens (including phenoxy) is 1. The lowest BCUT2D eigenvalue weighted by Gasteiger charge is -2.34. The summed E-state index contributed by atoms with van der Waals surface area (Å²) in [5.74, 6) is 0. The molecule has 0 aromatic heterocycles. The third-order valence-corrected chi connectivity index (χ3v) is 4.30. The fourth-order valence-corrected chi connectivity index (χ4v) is 3.20. The molecule has 1 atom stereocenters. The summed E-state index contributed by atoms with van der Waals surface area (Å²) in [5, 5.41) is 3.57. The molecule has 1 aliphatic heterocycles. The summed E-state index contributed by atoms with van der Waals surface area (Å²) in [4.78, 5) is 14.0. The van der Waals surface area contributed by atoms with Crippen molar-refractivity contribution in [1.29, 1.82) is 0 Å². The third kappa shape index (κ3) is 6.51. The second-order valence-electron chi connectivity index (χ2n) is 7.10. The molecule has 2 rings (SSSR count). The number of likely N-dealkylation sites (tertiary alicyclic amines) is 1. The van der Waals surface area contributed by atoms with Gasteiger partial charge in [-0.3, -0.25) is 0 Å². The van der Waals surface area contributed by atoms with Crippen LogP contribution in [-0.4, -0.2) is 42.3 Å². The molecule has 0 spiro atoms. The van der Waals surface area contributed by atoms with E-state index in [-0.39, 0.29) is 6.09 Å². The van der Waals surface area contributed by atoms with Crippen molar-refractivity contribution in [2.75, 3.05) is 19.6 Å². The van der Waals surface area contributed by atoms with Crippen LogP contribution in [0, 0.1) is 0 Å². The lowest BCUT2D eigenvalue weighted by molar-refractivity contribution is 0.0188. The SMILES string of the molecule is CC(C)(C)OC(=O)N1CCC[C@H](NCCc2cccc(Br)c2)C1. The van der Waals surface area contributed by atoms with E-state index >= 15 is 0 Å². The van der Waals surface area contributed by atoms with E-state index in [1.165, 1.54) is 5.56 Å². The van der Waals surface area contributed by atoms with Crippen LogP contribution < -0.4 is 5.32 Å². The standard InChI is InChI=1S/C18H27BrN2O2/c1-18(2,3)23-17(22)21-11-5-8-16(13-21)20-10-9-14-6-4-7-15(19)12-14/h4,6-7,12,16,20H,5,8-11,13H2,1-3H3/t16-/m0/s1. The van der Waals surface area contributed by atoms with Crippen molar-refractivity contribution in [3.63, 3.8) is 0 Å². The van der Waals surface area contributed by atoms with Gasteiger partial charge in [0.25, 0.3) is 0 Å². The quantitative estimate of drug-likeness (QED) is 0.855. The summed E-state index contributed by atoms with van der Waals surface area (Å²) < 4.78 is 6.58. The highest BCUT2D eigenvalue weighted by Gasteiger charge is 2.27. The first kappa shape index (κ1) is 18.3. The molecule has 0 bridgehead atoms. The van der Waals surface area contributed by atoms with Crippen LogP contribution >= 0.6 is 15.9 Å². The van der Waals surface area contributed by atoms with Crippen LogP contribution in [0.2, 0.25) is 0 Å². The maximum absolute atomic E-state index is 12.2. The summed E-state index contributed by atoms with van der Waals surface area (Å²) >= 11 is 3.50. The first-order valence-corrected chi connectivity index (χ1v) is 9.08. The average molecular weight is 383 g/mol. The van der Waals surface area contributed by atoms with Gasteiger partial charge in [0, 0.05) is 23.6 Å². The summed E-state index contributed by atoms with van der Waals surface area (Å²) in [6.45, 7) is 8.16. The van der Waals surface area contributed by atoms with Crippen molar-refractivity contribution in [2.24, 2.45) is 0 Å². The van der Waals surface area contributed by atoms with E-state index in [9.17, 15) is 4.79 Å². The lowest BCUT2D eigenvalue weighted by Crippen LogP contribution is -2.49. The van der Waals surface area contributed by atoms with Gasteiger partial charge in [0.1, 0.15) is 5.60 Å². The molecule has 5 heteroatoms. The molecule has 128 valence electrons. The molecule has 4 nitrogen and oxygen atoms in total. The molecule has 1 saturated heterocycles. The lowest BCUT2D eigenvalue weighted by atomic mass is 10.1. The van der Waals surface area contributed by atoms with Crippen molar-refractivity contribution in [3.05, 3.63) is 34.3 Å². The highest BCUT2D eigenvalue weighted by atomic mass is 79.9. The summed E-state index contributed by atoms with van der Waals surface area (Å²) in [6, 6.07) is 8.74. The van der Waals surface area contributed by atoms with Gasteiger partial charge in [-0.2, -0.15) is 0 Å². The zero-order valence-electron chi connectivity index (χ0n) is 14.3. The number of carbonyl (C=O) groups excluding carboxylic acids is 1. The van der Waals surface area contributed by atoms with Crippen molar-refractivity contribution < 1.29 is 9.53 Å². The van der Waals surface area contributed by atoms with Crippen LogP contribution in [-0.2, 0) is 11.2 Å². The molecule has 0 unspecified atom stereocenters. The normalized spacial score (nSPS) is 18.8. The van der Waals surface area contributed by atoms with E-state index in [4.69, 9.17) is 4.74 Å². The Bertz CT molecular complexity index is 528. The van der Waals surface area contributed by atoms with Crippen LogP contribution in [0.15, 0.2) is 28.7 Å². The van der Waals surface area contributed by atoms with Gasteiger partial charge in [-0.1, -0.05) is 28.1 Å². The zero-order chi connectivity index (χ0) is 16.9. The third-order valence-electron chi connectivity index (χ3n) is 3.81. The minimum absolute atomic E-state index is 0.198. The van der Waals surface area contributed by atoms with Crippen molar-refractivity contribution >= 4 is 22.0 Å². The Kier molecular flexibility index (Phi) is 6.48. The second-order valence-corrected chi connectivity index (χ2v) is 8.02. The van der Waals surface area contributed by atoms with E-state index in [1.807, 2.05) is 31.7 Å². The Morgan fingerprint density at radius 2 is 2.22 bits per heavy atom. The van der Waals surface area contributed by atoms with Gasteiger partial charge in [0.2, 0.25) is 0 Å². The van der Waals surface area contributed by atoms with Gasteiger partial charge in [-0.05, 0) is 64.3 Å². The molecule has 1 aliphatic rings. The van der Waals surface area contributed by atoms with E-state index in [0.29, 0.717) is 6.04 Å². The van der Waals surface area contributed by atoms with Crippen LogP contribution in [0.5, 0.6) is 0 Å². The average Bonchev–Trinajstić information content (AvgIpc) is 2.46. The minimum atomic E-state index is -0.432. The molecule has 1 aromatic carbocycles. The Balaban J connectivity index is 1.76. The van der Waals surface area contributed by atoms with Crippen molar-refractivity contribution in [2.45, 2.75) is 51.7 Å². The van der Waals surface area contributed by atoms with E-state index in [0.717, 1.165) is 43.4 Å². The highest BCUT2D eigenvalue weighted by molar-refractivity contribution is 9.10. The monoisotopic (exact) mass is 382 g/mol.